The van der Waals surface area contributed by atoms with Crippen molar-refractivity contribution in [2.45, 2.75) is 107 Å². The summed E-state index contributed by atoms with van der Waals surface area (Å²) < 4.78 is 0. The molecule has 0 atom stereocenters. The van der Waals surface area contributed by atoms with Gasteiger partial charge in [0.1, 0.15) is 0 Å². The second-order valence-corrected chi connectivity index (χ2v) is 14.7. The fraction of sp³-hybridized carbons (Fsp3) is 0.917. The van der Waals surface area contributed by atoms with Gasteiger partial charge >= 0.3 is 0 Å². The molecule has 0 aliphatic carbocycles. The number of rotatable bonds is 14. The molecule has 0 saturated heterocycles. The molecule has 0 nitrogen and oxygen atoms in total. The largest absolute Gasteiger partial charge is 0.0844 e. The second-order valence-electron chi connectivity index (χ2n) is 10.3. The van der Waals surface area contributed by atoms with E-state index in [0.717, 1.165) is 0 Å². The van der Waals surface area contributed by atoms with Crippen LogP contribution in [0.25, 0.3) is 0 Å². The quantitative estimate of drug-likeness (QED) is 0.212. The summed E-state index contributed by atoms with van der Waals surface area (Å²) in [7, 11) is -0.756. The molecule has 0 saturated carbocycles. The van der Waals surface area contributed by atoms with E-state index in [-0.39, 0.29) is 0 Å². The zero-order chi connectivity index (χ0) is 19.4. The highest BCUT2D eigenvalue weighted by Crippen LogP contribution is 2.60. The van der Waals surface area contributed by atoms with E-state index in [4.69, 9.17) is 0 Å². The highest BCUT2D eigenvalue weighted by molar-refractivity contribution is 7.76. The van der Waals surface area contributed by atoms with E-state index >= 15 is 0 Å². The van der Waals surface area contributed by atoms with Gasteiger partial charge < -0.3 is 0 Å². The van der Waals surface area contributed by atoms with Crippen LogP contribution in [-0.2, 0) is 0 Å². The molecule has 0 heterocycles. The third-order valence-corrected chi connectivity index (χ3v) is 10.1. The summed E-state index contributed by atoms with van der Waals surface area (Å²) >= 11 is 0. The maximum Gasteiger partial charge on any atom is 0.0773 e. The molecule has 0 rings (SSSR count). The first-order chi connectivity index (χ1) is 11.6. The molecule has 0 N–H and O–H groups in total. The molecule has 0 unspecified atom stereocenters. The normalized spacial score (nSPS) is 13.8. The van der Waals surface area contributed by atoms with Crippen LogP contribution in [0.3, 0.4) is 0 Å². The number of hydrogen-bond donors (Lipinski definition) is 0. The summed E-state index contributed by atoms with van der Waals surface area (Å²) in [6.07, 6.45) is 22.1. The van der Waals surface area contributed by atoms with Crippen molar-refractivity contribution in [1.29, 1.82) is 0 Å². The average Bonchev–Trinajstić information content (AvgIpc) is 2.50. The molecule has 0 aliphatic heterocycles. The van der Waals surface area contributed by atoms with E-state index < -0.39 is 7.26 Å². The third-order valence-electron chi connectivity index (χ3n) is 5.30. The van der Waals surface area contributed by atoms with E-state index in [1.54, 1.807) is 18.5 Å². The topological polar surface area (TPSA) is 0 Å². The van der Waals surface area contributed by atoms with Crippen molar-refractivity contribution in [2.75, 3.05) is 24.6 Å². The molecule has 0 spiro atoms. The lowest BCUT2D eigenvalue weighted by Crippen LogP contribution is -2.20. The SMILES string of the molecule is CCCC[P+](C/C=C/CC(C)(C)CC(C)(C)C)(CCCC)CCCC. The van der Waals surface area contributed by atoms with Crippen molar-refractivity contribution in [2.24, 2.45) is 10.8 Å². The van der Waals surface area contributed by atoms with Gasteiger partial charge in [-0.3, -0.25) is 0 Å². The second kappa shape index (κ2) is 12.5. The Kier molecular flexibility index (Phi) is 12.6. The van der Waals surface area contributed by atoms with Crippen LogP contribution in [0.15, 0.2) is 12.2 Å². The maximum atomic E-state index is 2.60. The molecule has 1 heteroatoms. The summed E-state index contributed by atoms with van der Waals surface area (Å²) in [5.74, 6) is 0. The minimum atomic E-state index is -0.756. The van der Waals surface area contributed by atoms with Crippen molar-refractivity contribution in [3.63, 3.8) is 0 Å². The maximum absolute atomic E-state index is 2.60. The van der Waals surface area contributed by atoms with Crippen LogP contribution < -0.4 is 0 Å². The van der Waals surface area contributed by atoms with E-state index in [1.807, 2.05) is 0 Å². The van der Waals surface area contributed by atoms with Crippen molar-refractivity contribution in [3.05, 3.63) is 12.2 Å². The van der Waals surface area contributed by atoms with Crippen molar-refractivity contribution < 1.29 is 0 Å². The summed E-state index contributed by atoms with van der Waals surface area (Å²) in [5.41, 5.74) is 0.851. The van der Waals surface area contributed by atoms with E-state index in [1.165, 1.54) is 57.5 Å². The van der Waals surface area contributed by atoms with E-state index in [9.17, 15) is 0 Å². The summed E-state index contributed by atoms with van der Waals surface area (Å²) in [4.78, 5) is 0. The Morgan fingerprint density at radius 2 is 1.12 bits per heavy atom. The molecule has 0 aromatic heterocycles. The van der Waals surface area contributed by atoms with Gasteiger partial charge in [0.05, 0.1) is 24.6 Å². The fourth-order valence-corrected chi connectivity index (χ4v) is 9.07. The monoisotopic (exact) mass is 369 g/mol. The zero-order valence-electron chi connectivity index (χ0n) is 19.1. The van der Waals surface area contributed by atoms with Gasteiger partial charge in [-0.15, -0.1) is 0 Å². The van der Waals surface area contributed by atoms with E-state index in [0.29, 0.717) is 10.8 Å². The third kappa shape index (κ3) is 13.1. The van der Waals surface area contributed by atoms with Crippen LogP contribution in [0.5, 0.6) is 0 Å². The lowest BCUT2D eigenvalue weighted by molar-refractivity contribution is 0.215. The summed E-state index contributed by atoms with van der Waals surface area (Å²) in [5, 5.41) is 0. The fourth-order valence-electron chi connectivity index (χ4n) is 4.30. The molecule has 0 fully saturated rings. The minimum absolute atomic E-state index is 0.423. The van der Waals surface area contributed by atoms with Crippen LogP contribution in [-0.4, -0.2) is 24.6 Å². The van der Waals surface area contributed by atoms with Crippen LogP contribution in [0.4, 0.5) is 0 Å². The standard InChI is InChI=1S/C24H50P/c1-9-12-18-25(19-13-10-2,20-14-11-3)21-16-15-17-24(7,8)22-23(4,5)6/h15-16H,9-14,17-22H2,1-8H3/q+1/b16-15+. The predicted octanol–water partition coefficient (Wildman–Crippen LogP) is 8.81. The van der Waals surface area contributed by atoms with Gasteiger partial charge in [-0.25, -0.2) is 0 Å². The Bertz CT molecular complexity index is 324. The lowest BCUT2D eigenvalue weighted by atomic mass is 9.74. The van der Waals surface area contributed by atoms with Crippen LogP contribution in [0, 0.1) is 10.8 Å². The Balaban J connectivity index is 4.85. The zero-order valence-corrected chi connectivity index (χ0v) is 20.0. The Morgan fingerprint density at radius 3 is 1.48 bits per heavy atom. The van der Waals surface area contributed by atoms with Gasteiger partial charge in [0.2, 0.25) is 0 Å². The number of unbranched alkanes of at least 4 members (excludes halogenated alkanes) is 3. The molecule has 0 bridgehead atoms. The van der Waals surface area contributed by atoms with Crippen LogP contribution >= 0.6 is 7.26 Å². The summed E-state index contributed by atoms with van der Waals surface area (Å²) in [6, 6.07) is 0. The Morgan fingerprint density at radius 1 is 0.680 bits per heavy atom. The molecular formula is C24H50P+. The lowest BCUT2D eigenvalue weighted by Gasteiger charge is -2.31. The number of allylic oxidation sites excluding steroid dienone is 2. The van der Waals surface area contributed by atoms with Crippen molar-refractivity contribution >= 4 is 7.26 Å². The molecule has 0 amide bonds. The molecule has 0 radical (unpaired) electrons. The van der Waals surface area contributed by atoms with Crippen LogP contribution in [0.1, 0.15) is 107 Å². The predicted molar refractivity (Wildman–Crippen MR) is 123 cm³/mol. The highest BCUT2D eigenvalue weighted by Gasteiger charge is 2.34. The van der Waals surface area contributed by atoms with Gasteiger partial charge in [-0.05, 0) is 42.9 Å². The van der Waals surface area contributed by atoms with Crippen molar-refractivity contribution in [3.8, 4) is 0 Å². The van der Waals surface area contributed by atoms with Crippen LogP contribution in [0.2, 0.25) is 0 Å². The Hall–Kier alpha value is 0.170. The minimum Gasteiger partial charge on any atom is -0.0844 e. The van der Waals surface area contributed by atoms with E-state index in [2.05, 4.69) is 67.5 Å². The molecule has 0 aromatic carbocycles. The van der Waals surface area contributed by atoms with Crippen molar-refractivity contribution in [1.82, 2.24) is 0 Å². The molecule has 25 heavy (non-hydrogen) atoms. The van der Waals surface area contributed by atoms with Gasteiger partial charge in [0.15, 0.2) is 0 Å². The first-order valence-electron chi connectivity index (χ1n) is 11.1. The smallest absolute Gasteiger partial charge is 0.0773 e. The molecule has 0 aliphatic rings. The van der Waals surface area contributed by atoms with Gasteiger partial charge in [0.25, 0.3) is 0 Å². The Labute approximate surface area is 162 Å². The van der Waals surface area contributed by atoms with Gasteiger partial charge in [-0.1, -0.05) is 86.8 Å². The summed E-state index contributed by atoms with van der Waals surface area (Å²) in [6.45, 7) is 19.1. The molecular weight excluding hydrogens is 319 g/mol. The average molecular weight is 370 g/mol. The molecule has 150 valence electrons. The van der Waals surface area contributed by atoms with Gasteiger partial charge in [-0.2, -0.15) is 0 Å². The first-order valence-corrected chi connectivity index (χ1v) is 13.6. The first kappa shape index (κ1) is 25.2. The number of hydrogen-bond acceptors (Lipinski definition) is 0. The molecule has 0 aromatic rings. The highest BCUT2D eigenvalue weighted by atomic mass is 31.2. The van der Waals surface area contributed by atoms with Gasteiger partial charge in [0, 0.05) is 7.26 Å².